The van der Waals surface area contributed by atoms with Crippen molar-refractivity contribution in [3.63, 3.8) is 0 Å². The molecule has 5 aromatic carbocycles. The summed E-state index contributed by atoms with van der Waals surface area (Å²) in [6, 6.07) is 37.5. The van der Waals surface area contributed by atoms with Gasteiger partial charge in [0.15, 0.2) is 23.1 Å². The van der Waals surface area contributed by atoms with E-state index in [-0.39, 0.29) is 0 Å². The van der Waals surface area contributed by atoms with Crippen molar-refractivity contribution in [2.24, 2.45) is 0 Å². The van der Waals surface area contributed by atoms with E-state index < -0.39 is 0 Å². The molecule has 41 heavy (non-hydrogen) atoms. The molecule has 1 aliphatic rings. The summed E-state index contributed by atoms with van der Waals surface area (Å²) in [7, 11) is 0. The predicted molar refractivity (Wildman–Crippen MR) is 163 cm³/mol. The third kappa shape index (κ3) is 3.23. The van der Waals surface area contributed by atoms with Crippen molar-refractivity contribution in [3.05, 3.63) is 122 Å². The van der Waals surface area contributed by atoms with Crippen LogP contribution in [0.5, 0.6) is 0 Å². The fourth-order valence-electron chi connectivity index (χ4n) is 6.20. The van der Waals surface area contributed by atoms with Gasteiger partial charge in [0.25, 0.3) is 0 Å². The van der Waals surface area contributed by atoms with Crippen molar-refractivity contribution in [2.75, 3.05) is 0 Å². The Labute approximate surface area is 234 Å². The van der Waals surface area contributed by atoms with E-state index in [0.29, 0.717) is 17.5 Å². The third-order valence-corrected chi connectivity index (χ3v) is 8.00. The van der Waals surface area contributed by atoms with Gasteiger partial charge >= 0.3 is 0 Å². The normalized spacial score (nSPS) is 11.9. The van der Waals surface area contributed by atoms with Crippen molar-refractivity contribution in [1.82, 2.24) is 19.9 Å². The van der Waals surface area contributed by atoms with Crippen LogP contribution in [0.1, 0.15) is 0 Å². The van der Waals surface area contributed by atoms with Gasteiger partial charge < -0.3 is 4.42 Å². The maximum absolute atomic E-state index is 6.13. The lowest BCUT2D eigenvalue weighted by Crippen LogP contribution is -2.01. The minimum absolute atomic E-state index is 0.602. The van der Waals surface area contributed by atoms with E-state index in [1.807, 2.05) is 48.5 Å². The second-order valence-corrected chi connectivity index (χ2v) is 10.3. The molecule has 190 valence electrons. The highest BCUT2D eigenvalue weighted by atomic mass is 16.3. The second kappa shape index (κ2) is 8.41. The van der Waals surface area contributed by atoms with Gasteiger partial charge in [-0.1, -0.05) is 91.0 Å². The third-order valence-electron chi connectivity index (χ3n) is 8.00. The van der Waals surface area contributed by atoms with Crippen LogP contribution in [-0.2, 0) is 0 Å². The lowest BCUT2D eigenvalue weighted by Gasteiger charge is -2.12. The maximum Gasteiger partial charge on any atom is 0.164 e. The molecule has 8 aromatic rings. The molecular formula is C36H20N4O. The Morgan fingerprint density at radius 2 is 1.07 bits per heavy atom. The van der Waals surface area contributed by atoms with Crippen LogP contribution in [0.25, 0.3) is 89.1 Å². The number of hydrogen-bond donors (Lipinski definition) is 0. The van der Waals surface area contributed by atoms with Gasteiger partial charge in [0, 0.05) is 33.7 Å². The standard InChI is InChI=1S/C36H20N4O/c1-2-8-21(9-3-1)34-38-35(27-17-16-26-23-11-5-4-10-22(23)24-12-6-13-25(27)32(24)26)40-36(39-34)29-14-7-15-30-33(29)28-18-19-37-20-31(28)41-30/h1-20H. The summed E-state index contributed by atoms with van der Waals surface area (Å²) in [5, 5.41) is 4.32. The van der Waals surface area contributed by atoms with Crippen molar-refractivity contribution in [3.8, 4) is 56.4 Å². The van der Waals surface area contributed by atoms with Crippen LogP contribution < -0.4 is 0 Å². The van der Waals surface area contributed by atoms with E-state index in [4.69, 9.17) is 19.4 Å². The highest BCUT2D eigenvalue weighted by Gasteiger charge is 2.24. The Kier molecular flexibility index (Phi) is 4.55. The molecule has 0 saturated heterocycles. The molecule has 5 nitrogen and oxygen atoms in total. The zero-order chi connectivity index (χ0) is 26.9. The van der Waals surface area contributed by atoms with Gasteiger partial charge in [0.1, 0.15) is 5.58 Å². The van der Waals surface area contributed by atoms with E-state index >= 15 is 0 Å². The van der Waals surface area contributed by atoms with E-state index in [2.05, 4.69) is 65.6 Å². The molecule has 0 fully saturated rings. The first-order valence-electron chi connectivity index (χ1n) is 13.6. The van der Waals surface area contributed by atoms with Crippen LogP contribution in [0, 0.1) is 0 Å². The molecule has 9 rings (SSSR count). The average molecular weight is 525 g/mol. The second-order valence-electron chi connectivity index (χ2n) is 10.3. The number of rotatable bonds is 3. The Balaban J connectivity index is 1.34. The highest BCUT2D eigenvalue weighted by Crippen LogP contribution is 2.49. The Morgan fingerprint density at radius 3 is 1.93 bits per heavy atom. The van der Waals surface area contributed by atoms with Crippen molar-refractivity contribution in [1.29, 1.82) is 0 Å². The molecule has 5 heteroatoms. The maximum atomic E-state index is 6.13. The molecule has 1 aliphatic carbocycles. The molecule has 0 saturated carbocycles. The van der Waals surface area contributed by atoms with E-state index in [0.717, 1.165) is 44.0 Å². The number of nitrogens with zero attached hydrogens (tertiary/aromatic N) is 4. The summed E-state index contributed by atoms with van der Waals surface area (Å²) in [6.45, 7) is 0. The minimum Gasteiger partial charge on any atom is -0.454 e. The number of fused-ring (bicyclic) bond motifs is 6. The highest BCUT2D eigenvalue weighted by molar-refractivity contribution is 6.18. The van der Waals surface area contributed by atoms with Crippen molar-refractivity contribution in [2.45, 2.75) is 0 Å². The fraction of sp³-hybridized carbons (Fsp3) is 0. The number of benzene rings is 5. The quantitative estimate of drug-likeness (QED) is 0.231. The first-order chi connectivity index (χ1) is 20.3. The first kappa shape index (κ1) is 22.2. The number of furan rings is 1. The summed E-state index contributed by atoms with van der Waals surface area (Å²) >= 11 is 0. The Hall–Kier alpha value is -5.68. The zero-order valence-electron chi connectivity index (χ0n) is 21.7. The summed E-state index contributed by atoms with van der Waals surface area (Å²) in [4.78, 5) is 19.5. The van der Waals surface area contributed by atoms with E-state index in [1.165, 1.54) is 27.6 Å². The SMILES string of the molecule is c1ccc(-c2nc(-c3ccc4c5c(cccc35)-c3ccccc3-4)nc(-c3cccc4oc5cnccc5c34)n2)cc1. The number of hydrogen-bond acceptors (Lipinski definition) is 5. The molecule has 0 bridgehead atoms. The fourth-order valence-corrected chi connectivity index (χ4v) is 6.20. The van der Waals surface area contributed by atoms with Crippen LogP contribution in [0.4, 0.5) is 0 Å². The molecule has 0 aliphatic heterocycles. The Bertz CT molecular complexity index is 2290. The van der Waals surface area contributed by atoms with Gasteiger partial charge in [0.05, 0.1) is 6.20 Å². The minimum atomic E-state index is 0.602. The molecule has 0 amide bonds. The van der Waals surface area contributed by atoms with Gasteiger partial charge in [-0.05, 0) is 51.2 Å². The van der Waals surface area contributed by atoms with Crippen molar-refractivity contribution >= 4 is 32.7 Å². The molecule has 0 unspecified atom stereocenters. The van der Waals surface area contributed by atoms with E-state index in [9.17, 15) is 0 Å². The molecule has 0 atom stereocenters. The summed E-state index contributed by atoms with van der Waals surface area (Å²) < 4.78 is 6.13. The summed E-state index contributed by atoms with van der Waals surface area (Å²) in [6.07, 6.45) is 3.53. The van der Waals surface area contributed by atoms with Gasteiger partial charge in [-0.25, -0.2) is 15.0 Å². The molecule has 0 spiro atoms. The summed E-state index contributed by atoms with van der Waals surface area (Å²) in [5.74, 6) is 1.87. The van der Waals surface area contributed by atoms with Gasteiger partial charge in [-0.15, -0.1) is 0 Å². The molecule has 0 radical (unpaired) electrons. The predicted octanol–water partition coefficient (Wildman–Crippen LogP) is 8.97. The lowest BCUT2D eigenvalue weighted by molar-refractivity contribution is 0.667. The monoisotopic (exact) mass is 524 g/mol. The average Bonchev–Trinajstić information content (AvgIpc) is 3.59. The molecule has 3 heterocycles. The number of aromatic nitrogens is 4. The van der Waals surface area contributed by atoms with Crippen LogP contribution in [0.15, 0.2) is 126 Å². The van der Waals surface area contributed by atoms with Gasteiger partial charge in [-0.3, -0.25) is 4.98 Å². The molecular weight excluding hydrogens is 504 g/mol. The smallest absolute Gasteiger partial charge is 0.164 e. The molecule has 0 N–H and O–H groups in total. The van der Waals surface area contributed by atoms with Gasteiger partial charge in [0.2, 0.25) is 0 Å². The van der Waals surface area contributed by atoms with Gasteiger partial charge in [-0.2, -0.15) is 0 Å². The lowest BCUT2D eigenvalue weighted by atomic mass is 9.98. The van der Waals surface area contributed by atoms with Crippen LogP contribution in [-0.4, -0.2) is 19.9 Å². The van der Waals surface area contributed by atoms with Crippen LogP contribution in [0.2, 0.25) is 0 Å². The number of pyridine rings is 1. The summed E-state index contributed by atoms with van der Waals surface area (Å²) in [5.41, 5.74) is 9.34. The van der Waals surface area contributed by atoms with E-state index in [1.54, 1.807) is 12.4 Å². The molecule has 3 aromatic heterocycles. The Morgan fingerprint density at radius 1 is 0.415 bits per heavy atom. The largest absolute Gasteiger partial charge is 0.454 e. The topological polar surface area (TPSA) is 64.7 Å². The first-order valence-corrected chi connectivity index (χ1v) is 13.6. The van der Waals surface area contributed by atoms with Crippen molar-refractivity contribution < 1.29 is 4.42 Å². The zero-order valence-corrected chi connectivity index (χ0v) is 21.7. The van der Waals surface area contributed by atoms with Crippen LogP contribution >= 0.6 is 0 Å². The van der Waals surface area contributed by atoms with Crippen LogP contribution in [0.3, 0.4) is 0 Å².